The van der Waals surface area contributed by atoms with Gasteiger partial charge in [0.25, 0.3) is 0 Å². The molecule has 4 atom stereocenters. The quantitative estimate of drug-likeness (QED) is 0.727. The molecule has 2 fully saturated rings. The highest BCUT2D eigenvalue weighted by molar-refractivity contribution is 6.20. The van der Waals surface area contributed by atoms with Crippen LogP contribution in [0.4, 0.5) is 0 Å². The van der Waals surface area contributed by atoms with Gasteiger partial charge < -0.3 is 4.42 Å². The molecule has 0 aliphatic heterocycles. The third kappa shape index (κ3) is 1.57. The summed E-state index contributed by atoms with van der Waals surface area (Å²) in [5, 5.41) is 7.96. The van der Waals surface area contributed by atoms with E-state index in [0.29, 0.717) is 11.8 Å². The van der Waals surface area contributed by atoms with E-state index in [1.807, 2.05) is 6.92 Å². The maximum absolute atomic E-state index is 5.91. The van der Waals surface area contributed by atoms with Crippen LogP contribution in [-0.2, 0) is 0 Å². The molecule has 2 saturated carbocycles. The van der Waals surface area contributed by atoms with E-state index < -0.39 is 0 Å². The Hall–Kier alpha value is -0.570. The summed E-state index contributed by atoms with van der Waals surface area (Å²) in [6.07, 6.45) is 5.33. The van der Waals surface area contributed by atoms with Crippen molar-refractivity contribution in [2.24, 2.45) is 11.8 Å². The minimum absolute atomic E-state index is 0.176. The van der Waals surface area contributed by atoms with Gasteiger partial charge in [0.05, 0.1) is 0 Å². The molecule has 0 spiro atoms. The van der Waals surface area contributed by atoms with E-state index in [1.54, 1.807) is 0 Å². The monoisotopic (exact) mass is 226 g/mol. The van der Waals surface area contributed by atoms with Crippen molar-refractivity contribution in [2.75, 3.05) is 0 Å². The first-order chi connectivity index (χ1) is 7.24. The molecule has 82 valence electrons. The smallest absolute Gasteiger partial charge is 0.234 e. The first-order valence-electron chi connectivity index (χ1n) is 5.71. The molecule has 4 unspecified atom stereocenters. The van der Waals surface area contributed by atoms with Crippen LogP contribution in [0.1, 0.15) is 55.7 Å². The van der Waals surface area contributed by atoms with Crippen LogP contribution < -0.4 is 0 Å². The number of alkyl halides is 1. The fraction of sp³-hybridized carbons (Fsp3) is 0.818. The average molecular weight is 227 g/mol. The summed E-state index contributed by atoms with van der Waals surface area (Å²) in [6, 6.07) is 0. The number of hydrogen-bond acceptors (Lipinski definition) is 3. The lowest BCUT2D eigenvalue weighted by Crippen LogP contribution is -2.08. The van der Waals surface area contributed by atoms with Crippen LogP contribution >= 0.6 is 11.6 Å². The van der Waals surface area contributed by atoms with E-state index in [0.717, 1.165) is 17.7 Å². The number of hydrogen-bond donors (Lipinski definition) is 0. The fourth-order valence-corrected chi connectivity index (χ4v) is 3.19. The maximum atomic E-state index is 5.91. The third-order valence-electron chi connectivity index (χ3n) is 3.85. The zero-order valence-electron chi connectivity index (χ0n) is 8.82. The van der Waals surface area contributed by atoms with E-state index in [2.05, 4.69) is 10.2 Å². The van der Waals surface area contributed by atoms with Crippen molar-refractivity contribution in [3.8, 4) is 0 Å². The van der Waals surface area contributed by atoms with Gasteiger partial charge in [0.2, 0.25) is 11.8 Å². The second-order valence-corrected chi connectivity index (χ2v) is 5.53. The highest BCUT2D eigenvalue weighted by atomic mass is 35.5. The van der Waals surface area contributed by atoms with E-state index in [9.17, 15) is 0 Å². The van der Waals surface area contributed by atoms with Crippen molar-refractivity contribution in [3.63, 3.8) is 0 Å². The molecule has 0 amide bonds. The Morgan fingerprint density at radius 3 is 2.73 bits per heavy atom. The molecule has 1 aromatic rings. The second-order valence-electron chi connectivity index (χ2n) is 4.88. The molecule has 15 heavy (non-hydrogen) atoms. The zero-order chi connectivity index (χ0) is 10.4. The summed E-state index contributed by atoms with van der Waals surface area (Å²) in [6.45, 7) is 1.86. The predicted molar refractivity (Wildman–Crippen MR) is 56.8 cm³/mol. The van der Waals surface area contributed by atoms with Gasteiger partial charge in [-0.05, 0) is 38.0 Å². The van der Waals surface area contributed by atoms with Gasteiger partial charge in [-0.25, -0.2) is 0 Å². The first kappa shape index (κ1) is 9.64. The van der Waals surface area contributed by atoms with E-state index in [4.69, 9.17) is 16.0 Å². The Bertz CT molecular complexity index is 363. The van der Waals surface area contributed by atoms with Gasteiger partial charge in [-0.3, -0.25) is 0 Å². The molecule has 2 bridgehead atoms. The molecule has 1 heterocycles. The molecule has 1 aromatic heterocycles. The Morgan fingerprint density at radius 1 is 1.33 bits per heavy atom. The molecule has 3 rings (SSSR count). The summed E-state index contributed by atoms with van der Waals surface area (Å²) < 4.78 is 5.63. The molecule has 2 aliphatic carbocycles. The molecule has 4 heteroatoms. The topological polar surface area (TPSA) is 38.9 Å². The van der Waals surface area contributed by atoms with Crippen LogP contribution in [0.25, 0.3) is 0 Å². The molecule has 2 aliphatic rings. The van der Waals surface area contributed by atoms with E-state index >= 15 is 0 Å². The van der Waals surface area contributed by atoms with Gasteiger partial charge in [0.15, 0.2) is 0 Å². The van der Waals surface area contributed by atoms with Gasteiger partial charge in [-0.15, -0.1) is 21.8 Å². The van der Waals surface area contributed by atoms with Crippen molar-refractivity contribution in [1.29, 1.82) is 0 Å². The largest absolute Gasteiger partial charge is 0.423 e. The molecule has 0 aromatic carbocycles. The maximum Gasteiger partial charge on any atom is 0.234 e. The zero-order valence-corrected chi connectivity index (χ0v) is 9.57. The molecular formula is C11H15ClN2O. The normalized spacial score (nSPS) is 36.0. The van der Waals surface area contributed by atoms with Gasteiger partial charge in [-0.1, -0.05) is 6.42 Å². The number of fused-ring (bicyclic) bond motifs is 2. The second kappa shape index (κ2) is 3.48. The molecule has 0 N–H and O–H groups in total. The predicted octanol–water partition coefficient (Wildman–Crippen LogP) is 3.27. The summed E-state index contributed by atoms with van der Waals surface area (Å²) in [7, 11) is 0. The SMILES string of the molecule is CC(Cl)c1nnc(C2CC3CCC2C3)o1. The number of halogens is 1. The Labute approximate surface area is 94.2 Å². The number of aromatic nitrogens is 2. The van der Waals surface area contributed by atoms with Crippen LogP contribution in [0.15, 0.2) is 4.42 Å². The van der Waals surface area contributed by atoms with Crippen LogP contribution in [-0.4, -0.2) is 10.2 Å². The van der Waals surface area contributed by atoms with Crippen LogP contribution in [0.2, 0.25) is 0 Å². The third-order valence-corrected chi connectivity index (χ3v) is 4.04. The van der Waals surface area contributed by atoms with Crippen LogP contribution in [0, 0.1) is 11.8 Å². The first-order valence-corrected chi connectivity index (χ1v) is 6.15. The molecular weight excluding hydrogens is 212 g/mol. The van der Waals surface area contributed by atoms with Crippen molar-refractivity contribution in [1.82, 2.24) is 10.2 Å². The highest BCUT2D eigenvalue weighted by Gasteiger charge is 2.42. The summed E-state index contributed by atoms with van der Waals surface area (Å²) in [4.78, 5) is 0. The van der Waals surface area contributed by atoms with Crippen molar-refractivity contribution in [3.05, 3.63) is 11.8 Å². The highest BCUT2D eigenvalue weighted by Crippen LogP contribution is 2.52. The van der Waals surface area contributed by atoms with Gasteiger partial charge in [0.1, 0.15) is 5.38 Å². The summed E-state index contributed by atoms with van der Waals surface area (Å²) >= 11 is 5.91. The van der Waals surface area contributed by atoms with Gasteiger partial charge in [-0.2, -0.15) is 0 Å². The van der Waals surface area contributed by atoms with Gasteiger partial charge >= 0.3 is 0 Å². The van der Waals surface area contributed by atoms with E-state index in [-0.39, 0.29) is 5.38 Å². The molecule has 0 saturated heterocycles. The Balaban J connectivity index is 1.81. The van der Waals surface area contributed by atoms with Crippen molar-refractivity contribution < 1.29 is 4.42 Å². The average Bonchev–Trinajstić information content (AvgIpc) is 2.93. The van der Waals surface area contributed by atoms with Gasteiger partial charge in [0, 0.05) is 5.92 Å². The minimum Gasteiger partial charge on any atom is -0.423 e. The Kier molecular flexibility index (Phi) is 2.23. The standard InChI is InChI=1S/C11H15ClN2O/c1-6(12)10-13-14-11(15-10)9-5-7-2-3-8(9)4-7/h6-9H,2-5H2,1H3. The van der Waals surface area contributed by atoms with E-state index in [1.165, 1.54) is 25.7 Å². The minimum atomic E-state index is -0.176. The van der Waals surface area contributed by atoms with Crippen LogP contribution in [0.3, 0.4) is 0 Å². The van der Waals surface area contributed by atoms with Crippen LogP contribution in [0.5, 0.6) is 0 Å². The Morgan fingerprint density at radius 2 is 2.20 bits per heavy atom. The molecule has 0 radical (unpaired) electrons. The summed E-state index contributed by atoms with van der Waals surface area (Å²) in [5.41, 5.74) is 0. The summed E-state index contributed by atoms with van der Waals surface area (Å²) in [5.74, 6) is 3.59. The lowest BCUT2D eigenvalue weighted by molar-refractivity contribution is 0.335. The number of rotatable bonds is 2. The van der Waals surface area contributed by atoms with Crippen molar-refractivity contribution >= 4 is 11.6 Å². The lowest BCUT2D eigenvalue weighted by atomic mass is 9.89. The number of nitrogens with zero attached hydrogens (tertiary/aromatic N) is 2. The molecule has 3 nitrogen and oxygen atoms in total. The van der Waals surface area contributed by atoms with Crippen molar-refractivity contribution in [2.45, 2.75) is 43.9 Å². The lowest BCUT2D eigenvalue weighted by Gasteiger charge is -2.17. The fourth-order valence-electron chi connectivity index (χ4n) is 3.10.